The molecule has 1 spiro atoms. The van der Waals surface area contributed by atoms with Crippen molar-refractivity contribution in [1.29, 1.82) is 0 Å². The second-order valence-electron chi connectivity index (χ2n) is 13.5. The molecule has 0 amide bonds. The Labute approximate surface area is 295 Å². The van der Waals surface area contributed by atoms with E-state index in [0.717, 1.165) is 27.5 Å². The number of aromatic nitrogens is 3. The third-order valence-corrected chi connectivity index (χ3v) is 10.9. The highest BCUT2D eigenvalue weighted by Gasteiger charge is 2.52. The van der Waals surface area contributed by atoms with E-state index in [-0.39, 0.29) is 0 Å². The van der Waals surface area contributed by atoms with Gasteiger partial charge in [0.15, 0.2) is 17.5 Å². The van der Waals surface area contributed by atoms with Crippen LogP contribution in [0.2, 0.25) is 0 Å². The Morgan fingerprint density at radius 2 is 0.706 bits per heavy atom. The van der Waals surface area contributed by atoms with Gasteiger partial charge in [-0.3, -0.25) is 0 Å². The summed E-state index contributed by atoms with van der Waals surface area (Å²) >= 11 is 0. The van der Waals surface area contributed by atoms with Gasteiger partial charge in [-0.1, -0.05) is 164 Å². The second kappa shape index (κ2) is 10.6. The van der Waals surface area contributed by atoms with E-state index in [1.165, 1.54) is 55.3 Å². The Bertz CT molecular complexity index is 2740. The molecule has 9 aromatic rings. The monoisotopic (exact) mass is 647 g/mol. The van der Waals surface area contributed by atoms with E-state index in [1.54, 1.807) is 0 Å². The first kappa shape index (κ1) is 28.2. The van der Waals surface area contributed by atoms with Crippen molar-refractivity contribution in [3.05, 3.63) is 198 Å². The molecule has 11 rings (SSSR count). The van der Waals surface area contributed by atoms with Crippen LogP contribution < -0.4 is 0 Å². The lowest BCUT2D eigenvalue weighted by atomic mass is 9.70. The zero-order valence-electron chi connectivity index (χ0n) is 27.6. The lowest BCUT2D eigenvalue weighted by Crippen LogP contribution is -2.25. The molecule has 0 aliphatic heterocycles. The van der Waals surface area contributed by atoms with Gasteiger partial charge in [0.2, 0.25) is 0 Å². The number of nitrogens with zero attached hydrogens (tertiary/aromatic N) is 3. The third-order valence-electron chi connectivity index (χ3n) is 10.9. The van der Waals surface area contributed by atoms with Crippen LogP contribution in [0.5, 0.6) is 0 Å². The maximum Gasteiger partial charge on any atom is 0.164 e. The summed E-state index contributed by atoms with van der Waals surface area (Å²) < 4.78 is 0. The van der Waals surface area contributed by atoms with Crippen molar-refractivity contribution < 1.29 is 0 Å². The Balaban J connectivity index is 1.20. The summed E-state index contributed by atoms with van der Waals surface area (Å²) in [5.41, 5.74) is 12.7. The number of hydrogen-bond donors (Lipinski definition) is 0. The van der Waals surface area contributed by atoms with Gasteiger partial charge in [-0.05, 0) is 78.2 Å². The van der Waals surface area contributed by atoms with Gasteiger partial charge >= 0.3 is 0 Å². The summed E-state index contributed by atoms with van der Waals surface area (Å²) in [4.78, 5) is 15.8. The minimum Gasteiger partial charge on any atom is -0.208 e. The lowest BCUT2D eigenvalue weighted by Gasteiger charge is -2.30. The molecule has 3 heteroatoms. The highest BCUT2D eigenvalue weighted by Crippen LogP contribution is 2.63. The van der Waals surface area contributed by atoms with Crippen LogP contribution in [-0.2, 0) is 5.41 Å². The van der Waals surface area contributed by atoms with E-state index in [9.17, 15) is 0 Å². The van der Waals surface area contributed by atoms with Crippen molar-refractivity contribution in [2.75, 3.05) is 0 Å². The molecule has 0 saturated heterocycles. The molecule has 1 aromatic heterocycles. The summed E-state index contributed by atoms with van der Waals surface area (Å²) in [6.07, 6.45) is 0. The van der Waals surface area contributed by atoms with Crippen LogP contribution in [0.25, 0.3) is 78.0 Å². The van der Waals surface area contributed by atoms with Gasteiger partial charge < -0.3 is 0 Å². The molecule has 0 N–H and O–H groups in total. The fraction of sp³-hybridized carbons (Fsp3) is 0.0208. The molecule has 0 fully saturated rings. The molecule has 0 radical (unpaired) electrons. The normalized spacial score (nSPS) is 13.3. The van der Waals surface area contributed by atoms with Crippen molar-refractivity contribution in [1.82, 2.24) is 15.0 Å². The largest absolute Gasteiger partial charge is 0.208 e. The van der Waals surface area contributed by atoms with Gasteiger partial charge in [0, 0.05) is 16.7 Å². The van der Waals surface area contributed by atoms with Crippen LogP contribution in [0.15, 0.2) is 176 Å². The van der Waals surface area contributed by atoms with Crippen LogP contribution >= 0.6 is 0 Å². The highest BCUT2D eigenvalue weighted by molar-refractivity contribution is 5.99. The zero-order chi connectivity index (χ0) is 33.5. The number of fused-ring (bicyclic) bond motifs is 12. The molecule has 0 saturated carbocycles. The van der Waals surface area contributed by atoms with Crippen LogP contribution in [0.4, 0.5) is 0 Å². The standard InChI is InChI=1S/C48H29N3/c1-3-14-32-28-34(26-24-30(32)12-1)45-49-46(35-27-25-31-13-2-4-15-33(31)29-35)51-47(50-45)39-19-11-23-43-44(39)38-18-7-10-22-42(38)48(43)40-20-8-5-16-36(40)37-17-6-9-21-41(37)48/h1-29H. The van der Waals surface area contributed by atoms with E-state index in [1.807, 2.05) is 0 Å². The lowest BCUT2D eigenvalue weighted by molar-refractivity contribution is 0.794. The van der Waals surface area contributed by atoms with E-state index >= 15 is 0 Å². The van der Waals surface area contributed by atoms with Gasteiger partial charge in [0.05, 0.1) is 5.41 Å². The van der Waals surface area contributed by atoms with Crippen molar-refractivity contribution in [2.24, 2.45) is 0 Å². The zero-order valence-corrected chi connectivity index (χ0v) is 27.6. The van der Waals surface area contributed by atoms with Crippen molar-refractivity contribution in [3.8, 4) is 56.4 Å². The summed E-state index contributed by atoms with van der Waals surface area (Å²) in [7, 11) is 0. The van der Waals surface area contributed by atoms with Crippen molar-refractivity contribution in [3.63, 3.8) is 0 Å². The molecular formula is C48H29N3. The smallest absolute Gasteiger partial charge is 0.164 e. The minimum atomic E-state index is -0.440. The minimum absolute atomic E-state index is 0.440. The molecule has 0 atom stereocenters. The SMILES string of the molecule is c1ccc2c(c1)-c1ccccc1C21c2ccccc2-c2c(-c3nc(-c4ccc5ccccc5c4)nc(-c4ccc5ccccc5c4)n3)cccc21. The van der Waals surface area contributed by atoms with E-state index in [4.69, 9.17) is 15.0 Å². The first-order valence-electron chi connectivity index (χ1n) is 17.4. The predicted molar refractivity (Wildman–Crippen MR) is 207 cm³/mol. The van der Waals surface area contributed by atoms with E-state index in [2.05, 4.69) is 176 Å². The number of rotatable bonds is 3. The average molecular weight is 648 g/mol. The number of hydrogen-bond acceptors (Lipinski definition) is 3. The molecular weight excluding hydrogens is 619 g/mol. The third kappa shape index (κ3) is 3.97. The maximum absolute atomic E-state index is 5.30. The van der Waals surface area contributed by atoms with Crippen LogP contribution in [0.3, 0.4) is 0 Å². The topological polar surface area (TPSA) is 38.7 Å². The first-order chi connectivity index (χ1) is 25.3. The molecule has 3 nitrogen and oxygen atoms in total. The van der Waals surface area contributed by atoms with Crippen LogP contribution in [-0.4, -0.2) is 15.0 Å². The Morgan fingerprint density at radius 1 is 0.294 bits per heavy atom. The average Bonchev–Trinajstić information content (AvgIpc) is 3.68. The van der Waals surface area contributed by atoms with Crippen LogP contribution in [0.1, 0.15) is 22.3 Å². The second-order valence-corrected chi connectivity index (χ2v) is 13.5. The maximum atomic E-state index is 5.30. The van der Waals surface area contributed by atoms with Crippen molar-refractivity contribution in [2.45, 2.75) is 5.41 Å². The summed E-state index contributed by atoms with van der Waals surface area (Å²) in [5, 5.41) is 4.67. The first-order valence-corrected chi connectivity index (χ1v) is 17.4. The van der Waals surface area contributed by atoms with Gasteiger partial charge in [-0.2, -0.15) is 0 Å². The summed E-state index contributed by atoms with van der Waals surface area (Å²) in [6.45, 7) is 0. The molecule has 2 aliphatic carbocycles. The van der Waals surface area contributed by atoms with Gasteiger partial charge in [-0.15, -0.1) is 0 Å². The quantitative estimate of drug-likeness (QED) is 0.192. The Morgan fingerprint density at radius 3 is 1.27 bits per heavy atom. The molecule has 51 heavy (non-hydrogen) atoms. The molecule has 1 heterocycles. The van der Waals surface area contributed by atoms with Gasteiger partial charge in [0.1, 0.15) is 0 Å². The number of benzene rings is 8. The van der Waals surface area contributed by atoms with Gasteiger partial charge in [-0.25, -0.2) is 15.0 Å². The molecule has 236 valence electrons. The van der Waals surface area contributed by atoms with Crippen LogP contribution in [0, 0.1) is 0 Å². The van der Waals surface area contributed by atoms with E-state index < -0.39 is 5.41 Å². The molecule has 0 unspecified atom stereocenters. The Kier molecular flexibility index (Phi) is 5.88. The molecule has 0 bridgehead atoms. The fourth-order valence-electron chi connectivity index (χ4n) is 8.74. The highest BCUT2D eigenvalue weighted by atomic mass is 15.0. The Hall–Kier alpha value is -6.71. The fourth-order valence-corrected chi connectivity index (χ4v) is 8.74. The van der Waals surface area contributed by atoms with Crippen molar-refractivity contribution >= 4 is 21.5 Å². The van der Waals surface area contributed by atoms with E-state index in [0.29, 0.717) is 17.5 Å². The summed E-state index contributed by atoms with van der Waals surface area (Å²) in [5.74, 6) is 1.98. The predicted octanol–water partition coefficient (Wildman–Crippen LogP) is 11.5. The molecule has 2 aliphatic rings. The summed E-state index contributed by atoms with van der Waals surface area (Å²) in [6, 6.07) is 63.2. The molecule has 8 aromatic carbocycles. The van der Waals surface area contributed by atoms with Gasteiger partial charge in [0.25, 0.3) is 0 Å².